The third-order valence-corrected chi connectivity index (χ3v) is 4.21. The van der Waals surface area contributed by atoms with Gasteiger partial charge in [0.25, 0.3) is 0 Å². The fraction of sp³-hybridized carbons (Fsp3) is 0.600. The Hall–Kier alpha value is -0.770. The quantitative estimate of drug-likeness (QED) is 0.895. The number of anilines is 1. The number of likely N-dealkylation sites (N-methyl/N-ethyl adjacent to an activating group) is 1. The third kappa shape index (κ3) is 3.62. The number of hydrogen-bond acceptors (Lipinski definition) is 3. The third-order valence-electron chi connectivity index (χ3n) is 3.86. The molecule has 1 N–H and O–H groups in total. The van der Waals surface area contributed by atoms with Crippen molar-refractivity contribution >= 4 is 17.3 Å². The van der Waals surface area contributed by atoms with Gasteiger partial charge in [-0.15, -0.1) is 0 Å². The Kier molecular flexibility index (Phi) is 5.08. The molecule has 1 saturated heterocycles. The molecule has 0 saturated carbocycles. The molecule has 0 amide bonds. The van der Waals surface area contributed by atoms with Crippen LogP contribution in [-0.4, -0.2) is 44.7 Å². The number of halogens is 1. The molecule has 0 bridgehead atoms. The molecule has 106 valence electrons. The smallest absolute Gasteiger partial charge is 0.0471 e. The topological polar surface area (TPSA) is 18.5 Å². The van der Waals surface area contributed by atoms with Crippen LogP contribution < -0.4 is 10.2 Å². The number of hydrogen-bond donors (Lipinski definition) is 1. The van der Waals surface area contributed by atoms with Crippen molar-refractivity contribution in [1.82, 2.24) is 10.2 Å². The van der Waals surface area contributed by atoms with E-state index in [4.69, 9.17) is 11.6 Å². The maximum Gasteiger partial charge on any atom is 0.0471 e. The lowest BCUT2D eigenvalue weighted by Crippen LogP contribution is -2.31. The summed E-state index contributed by atoms with van der Waals surface area (Å²) in [5.74, 6) is 0. The van der Waals surface area contributed by atoms with Gasteiger partial charge in [-0.25, -0.2) is 0 Å². The number of benzene rings is 1. The van der Waals surface area contributed by atoms with Crippen LogP contribution in [0, 0.1) is 0 Å². The fourth-order valence-electron chi connectivity index (χ4n) is 2.53. The maximum absolute atomic E-state index is 6.37. The van der Waals surface area contributed by atoms with Gasteiger partial charge in [0.05, 0.1) is 0 Å². The van der Waals surface area contributed by atoms with Crippen LogP contribution in [0.1, 0.15) is 18.9 Å². The lowest BCUT2D eigenvalue weighted by molar-refractivity contribution is 0.315. The molecule has 0 aromatic heterocycles. The minimum Gasteiger partial charge on any atom is -0.370 e. The number of nitrogens with one attached hydrogen (secondary N) is 1. The van der Waals surface area contributed by atoms with Crippen LogP contribution in [0.25, 0.3) is 0 Å². The van der Waals surface area contributed by atoms with Gasteiger partial charge in [-0.3, -0.25) is 0 Å². The zero-order valence-electron chi connectivity index (χ0n) is 12.1. The van der Waals surface area contributed by atoms with Crippen molar-refractivity contribution in [3.8, 4) is 0 Å². The minimum absolute atomic E-state index is 0.653. The van der Waals surface area contributed by atoms with Gasteiger partial charge in [0.1, 0.15) is 0 Å². The van der Waals surface area contributed by atoms with Crippen LogP contribution in [0.3, 0.4) is 0 Å². The second-order valence-electron chi connectivity index (χ2n) is 5.41. The first-order chi connectivity index (χ1) is 9.11. The van der Waals surface area contributed by atoms with Crippen LogP contribution in [0.15, 0.2) is 18.2 Å². The molecule has 1 aromatic carbocycles. The molecule has 19 heavy (non-hydrogen) atoms. The highest BCUT2D eigenvalue weighted by Gasteiger charge is 2.24. The van der Waals surface area contributed by atoms with Crippen molar-refractivity contribution in [1.29, 1.82) is 0 Å². The van der Waals surface area contributed by atoms with E-state index in [0.717, 1.165) is 31.2 Å². The van der Waals surface area contributed by atoms with E-state index in [-0.39, 0.29) is 0 Å². The second-order valence-corrected chi connectivity index (χ2v) is 5.82. The van der Waals surface area contributed by atoms with E-state index in [1.54, 1.807) is 0 Å². The lowest BCUT2D eigenvalue weighted by Gasteiger charge is -2.22. The van der Waals surface area contributed by atoms with Crippen molar-refractivity contribution in [2.45, 2.75) is 25.9 Å². The average molecular weight is 282 g/mol. The van der Waals surface area contributed by atoms with Crippen molar-refractivity contribution in [2.24, 2.45) is 0 Å². The normalized spacial score (nSPS) is 19.4. The summed E-state index contributed by atoms with van der Waals surface area (Å²) in [4.78, 5) is 4.73. The highest BCUT2D eigenvalue weighted by molar-refractivity contribution is 6.31. The van der Waals surface area contributed by atoms with E-state index in [2.05, 4.69) is 54.3 Å². The van der Waals surface area contributed by atoms with Crippen molar-refractivity contribution in [3.63, 3.8) is 0 Å². The van der Waals surface area contributed by atoms with E-state index in [0.29, 0.717) is 6.04 Å². The minimum atomic E-state index is 0.653. The molecule has 0 radical (unpaired) electrons. The Morgan fingerprint density at radius 2 is 2.21 bits per heavy atom. The predicted octanol–water partition coefficient (Wildman–Crippen LogP) is 2.59. The maximum atomic E-state index is 6.37. The SMILES string of the molecule is CCNCc1ccc(N2CCC(N(C)C)C2)cc1Cl. The Morgan fingerprint density at radius 3 is 2.79 bits per heavy atom. The number of nitrogens with zero attached hydrogens (tertiary/aromatic N) is 2. The Morgan fingerprint density at radius 1 is 1.42 bits per heavy atom. The first-order valence-corrected chi connectivity index (χ1v) is 7.40. The van der Waals surface area contributed by atoms with Gasteiger partial charge < -0.3 is 15.1 Å². The summed E-state index contributed by atoms with van der Waals surface area (Å²) >= 11 is 6.37. The predicted molar refractivity (Wildman–Crippen MR) is 83.1 cm³/mol. The van der Waals surface area contributed by atoms with Gasteiger partial charge in [-0.1, -0.05) is 24.6 Å². The van der Waals surface area contributed by atoms with E-state index < -0.39 is 0 Å². The second kappa shape index (κ2) is 6.60. The van der Waals surface area contributed by atoms with Crippen LogP contribution in [0.5, 0.6) is 0 Å². The molecule has 0 aliphatic carbocycles. The van der Waals surface area contributed by atoms with E-state index in [9.17, 15) is 0 Å². The first-order valence-electron chi connectivity index (χ1n) is 7.02. The van der Waals surface area contributed by atoms with Crippen molar-refractivity contribution < 1.29 is 0 Å². The zero-order valence-corrected chi connectivity index (χ0v) is 12.9. The molecule has 1 fully saturated rings. The Bertz CT molecular complexity index is 420. The Balaban J connectivity index is 2.04. The van der Waals surface area contributed by atoms with Crippen LogP contribution in [-0.2, 0) is 6.54 Å². The van der Waals surface area contributed by atoms with Crippen LogP contribution in [0.4, 0.5) is 5.69 Å². The molecule has 4 heteroatoms. The molecule has 1 unspecified atom stereocenters. The van der Waals surface area contributed by atoms with Crippen LogP contribution in [0.2, 0.25) is 5.02 Å². The Labute approximate surface area is 121 Å². The van der Waals surface area contributed by atoms with Gasteiger partial charge in [-0.05, 0) is 44.8 Å². The zero-order chi connectivity index (χ0) is 13.8. The fourth-order valence-corrected chi connectivity index (χ4v) is 2.78. The van der Waals surface area contributed by atoms with Crippen molar-refractivity contribution in [2.75, 3.05) is 38.6 Å². The highest BCUT2D eigenvalue weighted by Crippen LogP contribution is 2.27. The lowest BCUT2D eigenvalue weighted by atomic mass is 10.2. The van der Waals surface area contributed by atoms with Crippen molar-refractivity contribution in [3.05, 3.63) is 28.8 Å². The van der Waals surface area contributed by atoms with E-state index in [1.165, 1.54) is 17.7 Å². The summed E-state index contributed by atoms with van der Waals surface area (Å²) in [5, 5.41) is 4.18. The van der Waals surface area contributed by atoms with Gasteiger partial charge in [0, 0.05) is 36.4 Å². The largest absolute Gasteiger partial charge is 0.370 e. The highest BCUT2D eigenvalue weighted by atomic mass is 35.5. The van der Waals surface area contributed by atoms with Crippen LogP contribution >= 0.6 is 11.6 Å². The molecule has 1 atom stereocenters. The molecule has 1 aromatic rings. The monoisotopic (exact) mass is 281 g/mol. The summed E-state index contributed by atoms with van der Waals surface area (Å²) in [7, 11) is 4.31. The van der Waals surface area contributed by atoms with E-state index in [1.807, 2.05) is 0 Å². The molecule has 1 aliphatic rings. The summed E-state index contributed by atoms with van der Waals surface area (Å²) < 4.78 is 0. The first kappa shape index (κ1) is 14.6. The van der Waals surface area contributed by atoms with E-state index >= 15 is 0 Å². The molecule has 0 spiro atoms. The summed E-state index contributed by atoms with van der Waals surface area (Å²) in [6.07, 6.45) is 1.23. The number of rotatable bonds is 5. The summed E-state index contributed by atoms with van der Waals surface area (Å²) in [5.41, 5.74) is 2.42. The average Bonchev–Trinajstić information content (AvgIpc) is 2.87. The molecule has 3 nitrogen and oxygen atoms in total. The molecular formula is C15H24ClN3. The summed E-state index contributed by atoms with van der Waals surface area (Å²) in [6, 6.07) is 7.09. The van der Waals surface area contributed by atoms with Gasteiger partial charge >= 0.3 is 0 Å². The van der Waals surface area contributed by atoms with Gasteiger partial charge in [0.2, 0.25) is 0 Å². The molecule has 1 heterocycles. The molecular weight excluding hydrogens is 258 g/mol. The van der Waals surface area contributed by atoms with Gasteiger partial charge in [-0.2, -0.15) is 0 Å². The molecule has 2 rings (SSSR count). The van der Waals surface area contributed by atoms with Gasteiger partial charge in [0.15, 0.2) is 0 Å². The standard InChI is InChI=1S/C15H24ClN3/c1-4-17-10-12-5-6-13(9-15(12)16)19-8-7-14(11-19)18(2)3/h5-6,9,14,17H,4,7-8,10-11H2,1-3H3. The summed E-state index contributed by atoms with van der Waals surface area (Å²) in [6.45, 7) is 6.13. The molecule has 1 aliphatic heterocycles.